The van der Waals surface area contributed by atoms with E-state index in [9.17, 15) is 0 Å². The topological polar surface area (TPSA) is 41.1 Å². The molecule has 0 spiro atoms. The van der Waals surface area contributed by atoms with Crippen molar-refractivity contribution in [3.05, 3.63) is 18.1 Å². The molecule has 0 radical (unpaired) electrons. The van der Waals surface area contributed by atoms with Crippen LogP contribution in [0.15, 0.2) is 12.3 Å². The van der Waals surface area contributed by atoms with Crippen molar-refractivity contribution in [3.63, 3.8) is 0 Å². The monoisotopic (exact) mass is 248 g/mol. The van der Waals surface area contributed by atoms with E-state index in [-0.39, 0.29) is 0 Å². The first-order valence-electron chi connectivity index (χ1n) is 6.97. The fourth-order valence-corrected chi connectivity index (χ4v) is 2.69. The van der Waals surface area contributed by atoms with Gasteiger partial charge in [0.25, 0.3) is 0 Å². The van der Waals surface area contributed by atoms with Crippen LogP contribution in [0.1, 0.15) is 37.9 Å². The Morgan fingerprint density at radius 1 is 1.33 bits per heavy atom. The first-order chi connectivity index (χ1) is 8.79. The molecule has 0 amide bonds. The summed E-state index contributed by atoms with van der Waals surface area (Å²) in [4.78, 5) is 11.1. The zero-order chi connectivity index (χ0) is 12.8. The average molecular weight is 248 g/mol. The fourth-order valence-electron chi connectivity index (χ4n) is 2.69. The number of hydrogen-bond acceptors (Lipinski definition) is 4. The van der Waals surface area contributed by atoms with Crippen molar-refractivity contribution >= 4 is 5.82 Å². The Morgan fingerprint density at radius 2 is 2.11 bits per heavy atom. The smallest absolute Gasteiger partial charge is 0.144 e. The van der Waals surface area contributed by atoms with E-state index in [4.69, 9.17) is 0 Å². The molecule has 1 aliphatic rings. The van der Waals surface area contributed by atoms with Crippen LogP contribution >= 0.6 is 0 Å². The van der Waals surface area contributed by atoms with Gasteiger partial charge >= 0.3 is 0 Å². The summed E-state index contributed by atoms with van der Waals surface area (Å²) >= 11 is 0. The third-order valence-electron chi connectivity index (χ3n) is 3.67. The molecule has 0 saturated heterocycles. The van der Waals surface area contributed by atoms with Gasteiger partial charge in [0.15, 0.2) is 0 Å². The van der Waals surface area contributed by atoms with Gasteiger partial charge in [0.2, 0.25) is 0 Å². The molecule has 1 aromatic rings. The van der Waals surface area contributed by atoms with Crippen LogP contribution in [0.3, 0.4) is 0 Å². The molecule has 4 heteroatoms. The normalized spacial score (nSPS) is 16.8. The highest BCUT2D eigenvalue weighted by atomic mass is 15.2. The third kappa shape index (κ3) is 3.67. The molecule has 1 aliphatic carbocycles. The predicted octanol–water partition coefficient (Wildman–Crippen LogP) is 2.21. The lowest BCUT2D eigenvalue weighted by atomic mass is 9.89. The van der Waals surface area contributed by atoms with Gasteiger partial charge in [0.05, 0.1) is 6.54 Å². The van der Waals surface area contributed by atoms with Crippen molar-refractivity contribution in [2.24, 2.45) is 5.92 Å². The minimum atomic E-state index is 0.727. The van der Waals surface area contributed by atoms with Gasteiger partial charge < -0.3 is 10.2 Å². The zero-order valence-electron chi connectivity index (χ0n) is 11.5. The minimum Gasteiger partial charge on any atom is -0.359 e. The van der Waals surface area contributed by atoms with Crippen molar-refractivity contribution in [3.8, 4) is 0 Å². The summed E-state index contributed by atoms with van der Waals surface area (Å²) in [6.07, 6.45) is 8.81. The van der Waals surface area contributed by atoms with Gasteiger partial charge in [-0.3, -0.25) is 0 Å². The highest BCUT2D eigenvalue weighted by molar-refractivity contribution is 5.36. The van der Waals surface area contributed by atoms with Gasteiger partial charge in [-0.05, 0) is 31.9 Å². The highest BCUT2D eigenvalue weighted by Gasteiger charge is 2.16. The minimum absolute atomic E-state index is 0.727. The molecule has 100 valence electrons. The molecular weight excluding hydrogens is 224 g/mol. The Morgan fingerprint density at radius 3 is 2.83 bits per heavy atom. The second-order valence-corrected chi connectivity index (χ2v) is 5.25. The molecular formula is C14H24N4. The summed E-state index contributed by atoms with van der Waals surface area (Å²) in [5, 5.41) is 3.09. The average Bonchev–Trinajstić information content (AvgIpc) is 2.40. The quantitative estimate of drug-likeness (QED) is 0.867. The van der Waals surface area contributed by atoms with E-state index in [1.54, 1.807) is 0 Å². The Kier molecular flexibility index (Phi) is 4.93. The van der Waals surface area contributed by atoms with Crippen molar-refractivity contribution in [1.82, 2.24) is 15.3 Å². The Bertz CT molecular complexity index is 361. The Balaban J connectivity index is 1.94. The molecule has 4 nitrogen and oxygen atoms in total. The van der Waals surface area contributed by atoms with Gasteiger partial charge in [0.1, 0.15) is 11.6 Å². The van der Waals surface area contributed by atoms with Crippen LogP contribution in [0.4, 0.5) is 5.82 Å². The van der Waals surface area contributed by atoms with Crippen molar-refractivity contribution in [2.45, 2.75) is 38.6 Å². The third-order valence-corrected chi connectivity index (χ3v) is 3.67. The summed E-state index contributed by atoms with van der Waals surface area (Å²) in [6.45, 7) is 1.85. The van der Waals surface area contributed by atoms with Crippen molar-refractivity contribution in [2.75, 3.05) is 25.5 Å². The van der Waals surface area contributed by atoms with Crippen LogP contribution in [0.25, 0.3) is 0 Å². The maximum Gasteiger partial charge on any atom is 0.144 e. The first kappa shape index (κ1) is 13.3. The lowest BCUT2D eigenvalue weighted by molar-refractivity contribution is 0.361. The number of nitrogens with one attached hydrogen (secondary N) is 1. The maximum absolute atomic E-state index is 4.58. The predicted molar refractivity (Wildman–Crippen MR) is 74.6 cm³/mol. The molecule has 0 aliphatic heterocycles. The lowest BCUT2D eigenvalue weighted by Crippen LogP contribution is -2.28. The molecule has 1 fully saturated rings. The van der Waals surface area contributed by atoms with Gasteiger partial charge in [-0.1, -0.05) is 19.3 Å². The lowest BCUT2D eigenvalue weighted by Gasteiger charge is -2.27. The Labute approximate surface area is 110 Å². The van der Waals surface area contributed by atoms with Crippen LogP contribution in [-0.4, -0.2) is 30.6 Å². The van der Waals surface area contributed by atoms with Gasteiger partial charge in [-0.15, -0.1) is 0 Å². The van der Waals surface area contributed by atoms with Crippen molar-refractivity contribution in [1.29, 1.82) is 0 Å². The summed E-state index contributed by atoms with van der Waals surface area (Å²) in [6, 6.07) is 2.00. The first-order valence-corrected chi connectivity index (χ1v) is 6.97. The second kappa shape index (κ2) is 6.69. The van der Waals surface area contributed by atoms with Gasteiger partial charge in [-0.25, -0.2) is 9.97 Å². The maximum atomic E-state index is 4.58. The number of aromatic nitrogens is 2. The number of anilines is 1. The molecule has 0 atom stereocenters. The standard InChI is InChI=1S/C14H24N4/c1-15-10-13-16-9-8-14(17-13)18(2)11-12-6-4-3-5-7-12/h8-9,12,15H,3-7,10-11H2,1-2H3. The van der Waals surface area contributed by atoms with E-state index in [2.05, 4.69) is 27.2 Å². The molecule has 0 aromatic carbocycles. The SMILES string of the molecule is CNCc1nccc(N(C)CC2CCCCC2)n1. The molecule has 2 rings (SSSR count). The van der Waals surface area contributed by atoms with E-state index < -0.39 is 0 Å². The van der Waals surface area contributed by atoms with E-state index in [0.717, 1.165) is 30.6 Å². The van der Waals surface area contributed by atoms with E-state index in [0.29, 0.717) is 0 Å². The second-order valence-electron chi connectivity index (χ2n) is 5.25. The van der Waals surface area contributed by atoms with E-state index >= 15 is 0 Å². The zero-order valence-corrected chi connectivity index (χ0v) is 11.5. The summed E-state index contributed by atoms with van der Waals surface area (Å²) in [5.41, 5.74) is 0. The van der Waals surface area contributed by atoms with Crippen LogP contribution in [-0.2, 0) is 6.54 Å². The van der Waals surface area contributed by atoms with Crippen LogP contribution in [0.2, 0.25) is 0 Å². The molecule has 1 N–H and O–H groups in total. The molecule has 1 saturated carbocycles. The van der Waals surface area contributed by atoms with Crippen LogP contribution in [0.5, 0.6) is 0 Å². The van der Waals surface area contributed by atoms with E-state index in [1.165, 1.54) is 32.1 Å². The van der Waals surface area contributed by atoms with Crippen LogP contribution in [0, 0.1) is 5.92 Å². The van der Waals surface area contributed by atoms with Crippen LogP contribution < -0.4 is 10.2 Å². The summed E-state index contributed by atoms with van der Waals surface area (Å²) < 4.78 is 0. The number of rotatable bonds is 5. The fraction of sp³-hybridized carbons (Fsp3) is 0.714. The number of nitrogens with zero attached hydrogens (tertiary/aromatic N) is 3. The van der Waals surface area contributed by atoms with E-state index in [1.807, 2.05) is 19.3 Å². The molecule has 1 aromatic heterocycles. The number of hydrogen-bond donors (Lipinski definition) is 1. The summed E-state index contributed by atoms with van der Waals surface area (Å²) in [7, 11) is 4.06. The molecule has 0 bridgehead atoms. The highest BCUT2D eigenvalue weighted by Crippen LogP contribution is 2.25. The summed E-state index contributed by atoms with van der Waals surface area (Å²) in [5.74, 6) is 2.75. The van der Waals surface area contributed by atoms with Gasteiger partial charge in [-0.2, -0.15) is 0 Å². The molecule has 0 unspecified atom stereocenters. The molecule has 18 heavy (non-hydrogen) atoms. The molecule has 1 heterocycles. The van der Waals surface area contributed by atoms with Crippen molar-refractivity contribution < 1.29 is 0 Å². The largest absolute Gasteiger partial charge is 0.359 e. The Hall–Kier alpha value is -1.16. The van der Waals surface area contributed by atoms with Gasteiger partial charge in [0, 0.05) is 19.8 Å².